The Hall–Kier alpha value is -3.78. The molecule has 0 aliphatic heterocycles. The minimum atomic E-state index is 0.747. The van der Waals surface area contributed by atoms with E-state index in [1.165, 1.54) is 11.1 Å². The maximum Gasteiger partial charge on any atom is 0.160 e. The fourth-order valence-corrected chi connectivity index (χ4v) is 3.46. The summed E-state index contributed by atoms with van der Waals surface area (Å²) in [6.45, 7) is 0. The summed E-state index contributed by atoms with van der Waals surface area (Å²) in [5.41, 5.74) is 6.43. The predicted molar refractivity (Wildman–Crippen MR) is 116 cm³/mol. The average molecular weight is 358 g/mol. The highest BCUT2D eigenvalue weighted by atomic mass is 14.9. The molecule has 0 fully saturated rings. The number of rotatable bonds is 3. The van der Waals surface area contributed by atoms with Crippen LogP contribution >= 0.6 is 0 Å². The van der Waals surface area contributed by atoms with Crippen molar-refractivity contribution in [1.29, 1.82) is 0 Å². The van der Waals surface area contributed by atoms with Crippen molar-refractivity contribution in [2.24, 2.45) is 0 Å². The van der Waals surface area contributed by atoms with Crippen LogP contribution in [0.5, 0.6) is 0 Å². The van der Waals surface area contributed by atoms with Crippen molar-refractivity contribution in [2.75, 3.05) is 0 Å². The van der Waals surface area contributed by atoms with Crippen molar-refractivity contribution in [3.63, 3.8) is 0 Å². The number of hydrogen-bond donors (Lipinski definition) is 0. The Balaban J connectivity index is 1.63. The first kappa shape index (κ1) is 16.4. The quantitative estimate of drug-likeness (QED) is 0.362. The summed E-state index contributed by atoms with van der Waals surface area (Å²) in [7, 11) is 0. The second-order valence-corrected chi connectivity index (χ2v) is 6.72. The van der Waals surface area contributed by atoms with Crippen molar-refractivity contribution in [3.8, 4) is 33.8 Å². The topological polar surface area (TPSA) is 25.8 Å². The summed E-state index contributed by atoms with van der Waals surface area (Å²) in [6.07, 6.45) is 0. The van der Waals surface area contributed by atoms with Crippen LogP contribution in [0.1, 0.15) is 0 Å². The monoisotopic (exact) mass is 358 g/mol. The van der Waals surface area contributed by atoms with E-state index in [2.05, 4.69) is 66.7 Å². The van der Waals surface area contributed by atoms with Gasteiger partial charge in [-0.15, -0.1) is 0 Å². The predicted octanol–water partition coefficient (Wildman–Crippen LogP) is 6.63. The Labute approximate surface area is 164 Å². The van der Waals surface area contributed by atoms with Gasteiger partial charge in [-0.2, -0.15) is 0 Å². The van der Waals surface area contributed by atoms with E-state index in [1.807, 2.05) is 42.5 Å². The molecule has 0 bridgehead atoms. The van der Waals surface area contributed by atoms with Gasteiger partial charge in [-0.1, -0.05) is 103 Å². The normalized spacial score (nSPS) is 10.9. The van der Waals surface area contributed by atoms with Crippen molar-refractivity contribution < 1.29 is 0 Å². The van der Waals surface area contributed by atoms with Crippen LogP contribution in [0.4, 0.5) is 0 Å². The second-order valence-electron chi connectivity index (χ2n) is 6.72. The standard InChI is InChI=1S/C26H18N2/c1-3-9-19(10-4-1)20-15-17-22(18-16-20)26-27-24-14-8-7-13-23(24)25(28-26)21-11-5-2-6-12-21/h1-18H. The zero-order chi connectivity index (χ0) is 18.8. The average Bonchev–Trinajstić information content (AvgIpc) is 2.79. The lowest BCUT2D eigenvalue weighted by molar-refractivity contribution is 1.23. The van der Waals surface area contributed by atoms with E-state index in [4.69, 9.17) is 9.97 Å². The first-order chi connectivity index (χ1) is 13.9. The van der Waals surface area contributed by atoms with Crippen molar-refractivity contribution in [3.05, 3.63) is 109 Å². The SMILES string of the molecule is c1ccc(-c2ccc(-c3nc(-c4ccccc4)c4ccccc4n3)cc2)cc1. The third-order valence-electron chi connectivity index (χ3n) is 4.90. The minimum absolute atomic E-state index is 0.747. The van der Waals surface area contributed by atoms with E-state index >= 15 is 0 Å². The molecule has 0 atom stereocenters. The van der Waals surface area contributed by atoms with Gasteiger partial charge in [-0.3, -0.25) is 0 Å². The summed E-state index contributed by atoms with van der Waals surface area (Å²) in [5, 5.41) is 1.07. The van der Waals surface area contributed by atoms with Gasteiger partial charge in [-0.25, -0.2) is 9.97 Å². The third-order valence-corrected chi connectivity index (χ3v) is 4.90. The molecule has 1 heterocycles. The van der Waals surface area contributed by atoms with Crippen molar-refractivity contribution >= 4 is 10.9 Å². The Bertz CT molecular complexity index is 1230. The number of nitrogens with zero attached hydrogens (tertiary/aromatic N) is 2. The van der Waals surface area contributed by atoms with Crippen LogP contribution in [-0.4, -0.2) is 9.97 Å². The molecule has 0 spiro atoms. The van der Waals surface area contributed by atoms with Crippen LogP contribution in [0.2, 0.25) is 0 Å². The molecular formula is C26H18N2. The fourth-order valence-electron chi connectivity index (χ4n) is 3.46. The Morgan fingerprint density at radius 2 is 0.929 bits per heavy atom. The van der Waals surface area contributed by atoms with Gasteiger partial charge in [0.25, 0.3) is 0 Å². The zero-order valence-corrected chi connectivity index (χ0v) is 15.3. The van der Waals surface area contributed by atoms with Crippen LogP contribution < -0.4 is 0 Å². The largest absolute Gasteiger partial charge is 0.228 e. The fraction of sp³-hybridized carbons (Fsp3) is 0. The van der Waals surface area contributed by atoms with E-state index in [9.17, 15) is 0 Å². The molecule has 5 aromatic rings. The van der Waals surface area contributed by atoms with E-state index in [-0.39, 0.29) is 0 Å². The molecule has 0 saturated carbocycles. The van der Waals surface area contributed by atoms with E-state index in [1.54, 1.807) is 0 Å². The Morgan fingerprint density at radius 1 is 0.393 bits per heavy atom. The molecule has 2 heteroatoms. The van der Waals surface area contributed by atoms with Crippen molar-refractivity contribution in [2.45, 2.75) is 0 Å². The van der Waals surface area contributed by atoms with Gasteiger partial charge in [0.15, 0.2) is 5.82 Å². The van der Waals surface area contributed by atoms with E-state index in [0.29, 0.717) is 0 Å². The molecule has 0 amide bonds. The van der Waals surface area contributed by atoms with Crippen LogP contribution in [-0.2, 0) is 0 Å². The number of para-hydroxylation sites is 1. The molecule has 2 nitrogen and oxygen atoms in total. The first-order valence-corrected chi connectivity index (χ1v) is 9.36. The highest BCUT2D eigenvalue weighted by Crippen LogP contribution is 2.29. The summed E-state index contributed by atoms with van der Waals surface area (Å²) in [5.74, 6) is 0.747. The molecular weight excluding hydrogens is 340 g/mol. The number of benzene rings is 4. The van der Waals surface area contributed by atoms with Gasteiger partial charge in [0.2, 0.25) is 0 Å². The number of hydrogen-bond acceptors (Lipinski definition) is 2. The molecule has 0 N–H and O–H groups in total. The highest BCUT2D eigenvalue weighted by molar-refractivity contribution is 5.93. The minimum Gasteiger partial charge on any atom is -0.228 e. The molecule has 0 aliphatic carbocycles. The number of aromatic nitrogens is 2. The molecule has 132 valence electrons. The summed E-state index contributed by atoms with van der Waals surface area (Å²) in [4.78, 5) is 9.76. The van der Waals surface area contributed by atoms with Gasteiger partial charge in [0.1, 0.15) is 0 Å². The molecule has 0 radical (unpaired) electrons. The molecule has 4 aromatic carbocycles. The molecule has 0 saturated heterocycles. The first-order valence-electron chi connectivity index (χ1n) is 9.36. The van der Waals surface area contributed by atoms with Crippen molar-refractivity contribution in [1.82, 2.24) is 9.97 Å². The Morgan fingerprint density at radius 3 is 1.64 bits per heavy atom. The van der Waals surface area contributed by atoms with Gasteiger partial charge in [-0.05, 0) is 17.2 Å². The van der Waals surface area contributed by atoms with E-state index < -0.39 is 0 Å². The van der Waals surface area contributed by atoms with Gasteiger partial charge >= 0.3 is 0 Å². The third kappa shape index (κ3) is 3.06. The van der Waals surface area contributed by atoms with Crippen LogP contribution in [0.3, 0.4) is 0 Å². The maximum absolute atomic E-state index is 4.93. The smallest absolute Gasteiger partial charge is 0.160 e. The van der Waals surface area contributed by atoms with Crippen LogP contribution in [0.15, 0.2) is 109 Å². The van der Waals surface area contributed by atoms with E-state index in [0.717, 1.165) is 33.5 Å². The lowest BCUT2D eigenvalue weighted by atomic mass is 10.0. The maximum atomic E-state index is 4.93. The highest BCUT2D eigenvalue weighted by Gasteiger charge is 2.11. The number of fused-ring (bicyclic) bond motifs is 1. The second kappa shape index (κ2) is 7.09. The Kier molecular flexibility index (Phi) is 4.15. The molecule has 28 heavy (non-hydrogen) atoms. The summed E-state index contributed by atoms with van der Waals surface area (Å²) >= 11 is 0. The summed E-state index contributed by atoms with van der Waals surface area (Å²) in [6, 6.07) is 37.3. The lowest BCUT2D eigenvalue weighted by Crippen LogP contribution is -1.95. The van der Waals surface area contributed by atoms with Gasteiger partial charge in [0, 0.05) is 16.5 Å². The zero-order valence-electron chi connectivity index (χ0n) is 15.3. The summed E-state index contributed by atoms with van der Waals surface area (Å²) < 4.78 is 0. The molecule has 0 unspecified atom stereocenters. The lowest BCUT2D eigenvalue weighted by Gasteiger charge is -2.10. The molecule has 5 rings (SSSR count). The van der Waals surface area contributed by atoms with Crippen LogP contribution in [0.25, 0.3) is 44.7 Å². The van der Waals surface area contributed by atoms with Gasteiger partial charge in [0.05, 0.1) is 11.2 Å². The van der Waals surface area contributed by atoms with Crippen LogP contribution in [0, 0.1) is 0 Å². The molecule has 1 aromatic heterocycles. The van der Waals surface area contributed by atoms with Gasteiger partial charge < -0.3 is 0 Å². The molecule has 0 aliphatic rings.